The predicted molar refractivity (Wildman–Crippen MR) is 211 cm³/mol. The number of amides is 4. The molecular weight excluding hydrogens is 718 g/mol. The number of hydrogen-bond acceptors (Lipinski definition) is 7. The summed E-state index contributed by atoms with van der Waals surface area (Å²) in [6.07, 6.45) is 10.5. The minimum atomic E-state index is -1.55. The molecule has 5 N–H and O–H groups in total. The number of aliphatic hydroxyl groups excluding tert-OH is 1. The van der Waals surface area contributed by atoms with Crippen molar-refractivity contribution in [1.82, 2.24) is 21.3 Å². The topological polar surface area (TPSA) is 149 Å². The van der Waals surface area contributed by atoms with E-state index < -0.39 is 42.0 Å². The van der Waals surface area contributed by atoms with Crippen molar-refractivity contribution in [2.45, 2.75) is 139 Å². The van der Waals surface area contributed by atoms with E-state index in [0.29, 0.717) is 17.9 Å². The lowest BCUT2D eigenvalue weighted by Crippen LogP contribution is -2.57. The molecule has 2 heterocycles. The second-order valence-corrected chi connectivity index (χ2v) is 17.4. The lowest BCUT2D eigenvalue weighted by atomic mass is 9.81. The Morgan fingerprint density at radius 3 is 2.38 bits per heavy atom. The molecule has 3 aliphatic carbocycles. The number of alkyl carbamates (subject to hydrolysis) is 1. The molecule has 2 aromatic carbocycles. The van der Waals surface area contributed by atoms with Crippen LogP contribution in [0.15, 0.2) is 54.6 Å². The molecule has 6 atom stereocenters. The van der Waals surface area contributed by atoms with E-state index in [1.54, 1.807) is 0 Å². The Bertz CT molecular complexity index is 1640. The number of para-hydroxylation sites is 1. The molecule has 2 aromatic rings. The maximum atomic E-state index is 14.3. The van der Waals surface area contributed by atoms with Gasteiger partial charge in [-0.2, -0.15) is 0 Å². The van der Waals surface area contributed by atoms with Crippen LogP contribution in [0.4, 0.5) is 10.5 Å². The number of ether oxygens (including phenoxy) is 1. The molecule has 12 heteroatoms. The Morgan fingerprint density at radius 2 is 1.65 bits per heavy atom. The summed E-state index contributed by atoms with van der Waals surface area (Å²) in [7, 11) is 0. The van der Waals surface area contributed by atoms with E-state index in [9.17, 15) is 24.3 Å². The average molecular weight is 776 g/mol. The second kappa shape index (κ2) is 18.0. The van der Waals surface area contributed by atoms with Crippen molar-refractivity contribution >= 4 is 41.1 Å². The first kappa shape index (κ1) is 39.4. The van der Waals surface area contributed by atoms with Gasteiger partial charge in [-0.25, -0.2) is 4.79 Å². The molecule has 2 aliphatic heterocycles. The molecule has 5 fully saturated rings. The summed E-state index contributed by atoms with van der Waals surface area (Å²) in [6, 6.07) is 16.1. The van der Waals surface area contributed by atoms with Crippen LogP contribution in [0, 0.1) is 17.8 Å². The lowest BCUT2D eigenvalue weighted by molar-refractivity contribution is -0.134. The third kappa shape index (κ3) is 10.5. The maximum absolute atomic E-state index is 14.3. The quantitative estimate of drug-likeness (QED) is 0.163. The largest absolute Gasteiger partial charge is 0.446 e. The third-order valence-corrected chi connectivity index (χ3v) is 13.0. The number of nitrogens with one attached hydrogen (secondary N) is 4. The number of rotatable bonds is 14. The zero-order valence-corrected chi connectivity index (χ0v) is 32.6. The highest BCUT2D eigenvalue weighted by Crippen LogP contribution is 2.38. The van der Waals surface area contributed by atoms with Crippen LogP contribution in [0.2, 0.25) is 5.02 Å². The molecule has 4 amide bonds. The van der Waals surface area contributed by atoms with Crippen molar-refractivity contribution in [3.63, 3.8) is 0 Å². The number of carbonyl (C=O) groups excluding carboxylic acids is 4. The highest BCUT2D eigenvalue weighted by atomic mass is 35.5. The molecule has 55 heavy (non-hydrogen) atoms. The van der Waals surface area contributed by atoms with E-state index in [2.05, 4.69) is 38.3 Å². The van der Waals surface area contributed by atoms with Gasteiger partial charge < -0.3 is 36.0 Å². The van der Waals surface area contributed by atoms with Crippen molar-refractivity contribution in [1.29, 1.82) is 0 Å². The molecule has 0 radical (unpaired) electrons. The molecule has 1 spiro atoms. The fraction of sp³-hybridized carbons (Fsp3) is 0.628. The van der Waals surface area contributed by atoms with Crippen molar-refractivity contribution in [2.75, 3.05) is 18.0 Å². The van der Waals surface area contributed by atoms with Crippen LogP contribution in [0.3, 0.4) is 0 Å². The number of hydrogen-bond donors (Lipinski definition) is 5. The predicted octanol–water partition coefficient (Wildman–Crippen LogP) is 5.81. The first-order valence-corrected chi connectivity index (χ1v) is 21.1. The molecule has 0 bridgehead atoms. The Morgan fingerprint density at radius 1 is 0.891 bits per heavy atom. The van der Waals surface area contributed by atoms with Crippen LogP contribution < -0.4 is 26.2 Å². The number of nitrogens with zero attached hydrogens (tertiary/aromatic N) is 1. The van der Waals surface area contributed by atoms with Gasteiger partial charge in [-0.05, 0) is 106 Å². The van der Waals surface area contributed by atoms with Crippen LogP contribution in [0.5, 0.6) is 0 Å². The molecule has 5 unspecified atom stereocenters. The highest BCUT2D eigenvalue weighted by Gasteiger charge is 2.48. The van der Waals surface area contributed by atoms with Crippen LogP contribution in [-0.2, 0) is 25.5 Å². The van der Waals surface area contributed by atoms with Gasteiger partial charge in [0.05, 0.1) is 6.04 Å². The van der Waals surface area contributed by atoms with E-state index >= 15 is 0 Å². The Hall–Kier alpha value is -3.83. The summed E-state index contributed by atoms with van der Waals surface area (Å²) in [5.41, 5.74) is 1.88. The van der Waals surface area contributed by atoms with E-state index in [4.69, 9.17) is 16.3 Å². The van der Waals surface area contributed by atoms with Gasteiger partial charge in [0.1, 0.15) is 12.1 Å². The van der Waals surface area contributed by atoms with Gasteiger partial charge in [-0.3, -0.25) is 14.4 Å². The first-order valence-electron chi connectivity index (χ1n) is 20.8. The monoisotopic (exact) mass is 775 g/mol. The lowest BCUT2D eigenvalue weighted by Gasteiger charge is -2.40. The molecule has 5 aliphatic rings. The zero-order chi connectivity index (χ0) is 38.4. The van der Waals surface area contributed by atoms with Crippen molar-refractivity contribution < 1.29 is 29.0 Å². The van der Waals surface area contributed by atoms with E-state index in [1.165, 1.54) is 0 Å². The van der Waals surface area contributed by atoms with Gasteiger partial charge in [0.2, 0.25) is 11.8 Å². The fourth-order valence-electron chi connectivity index (χ4n) is 9.54. The third-order valence-electron chi connectivity index (χ3n) is 12.8. The summed E-state index contributed by atoms with van der Waals surface area (Å²) in [4.78, 5) is 57.0. The summed E-state index contributed by atoms with van der Waals surface area (Å²) in [5.74, 6) is -1.25. The van der Waals surface area contributed by atoms with Crippen LogP contribution in [0.1, 0.15) is 102 Å². The molecule has 2 saturated heterocycles. The molecular formula is C43H58ClN5O6. The van der Waals surface area contributed by atoms with E-state index in [1.807, 2.05) is 42.5 Å². The minimum absolute atomic E-state index is 0.0140. The molecule has 0 aromatic heterocycles. The average Bonchev–Trinajstić information content (AvgIpc) is 3.82. The highest BCUT2D eigenvalue weighted by molar-refractivity contribution is 6.30. The number of piperidine rings is 1. The Balaban J connectivity index is 1.02. The second-order valence-electron chi connectivity index (χ2n) is 17.0. The van der Waals surface area contributed by atoms with E-state index in [0.717, 1.165) is 108 Å². The van der Waals surface area contributed by atoms with Gasteiger partial charge in [-0.15, -0.1) is 0 Å². The van der Waals surface area contributed by atoms with Crippen LogP contribution in [-0.4, -0.2) is 77.9 Å². The van der Waals surface area contributed by atoms with Gasteiger partial charge >= 0.3 is 6.09 Å². The zero-order valence-electron chi connectivity index (χ0n) is 31.9. The number of anilines is 1. The first-order chi connectivity index (χ1) is 26.6. The summed E-state index contributed by atoms with van der Waals surface area (Å²) >= 11 is 6.24. The molecule has 3 saturated carbocycles. The number of carbonyl (C=O) groups is 4. The number of benzene rings is 2. The van der Waals surface area contributed by atoms with Gasteiger partial charge in [0, 0.05) is 47.2 Å². The van der Waals surface area contributed by atoms with Gasteiger partial charge in [-0.1, -0.05) is 74.0 Å². The Labute approximate surface area is 330 Å². The smallest absolute Gasteiger partial charge is 0.408 e. The summed E-state index contributed by atoms with van der Waals surface area (Å²) in [5, 5.41) is 24.2. The standard InChI is InChI=1S/C43H58ClN5O6/c44-32-13-7-11-29(24-32)23-30-12-8-16-37(30)55-42(54)47-36(25-28-9-3-1-4-10-28)40(52)46-35(38(50)41(53)45-33-17-18-33)26-31-27-43(48-39(31)51)19-21-49(22-20-43)34-14-5-2-6-15-34/h2,5-7,11,13-15,24,28,30-31,33,35-38,50H,1,3-4,8-10,12,16-23,25-27H2,(H,45,53)(H,46,52)(H,47,54)(H,48,51)/t30?,31?,35?,36-,37?,38?/m0/s1. The molecule has 11 nitrogen and oxygen atoms in total. The normalized spacial score (nSPS) is 25.5. The van der Waals surface area contributed by atoms with Gasteiger partial charge in [0.25, 0.3) is 5.91 Å². The van der Waals surface area contributed by atoms with Crippen molar-refractivity contribution in [2.24, 2.45) is 17.8 Å². The number of aliphatic hydroxyl groups is 1. The van der Waals surface area contributed by atoms with Crippen LogP contribution >= 0.6 is 11.6 Å². The van der Waals surface area contributed by atoms with Gasteiger partial charge in [0.15, 0.2) is 6.10 Å². The van der Waals surface area contributed by atoms with Crippen LogP contribution in [0.25, 0.3) is 0 Å². The Kier molecular flexibility index (Phi) is 12.9. The molecule has 7 rings (SSSR count). The van der Waals surface area contributed by atoms with Crippen molar-refractivity contribution in [3.05, 3.63) is 65.2 Å². The number of halogens is 1. The molecule has 298 valence electrons. The minimum Gasteiger partial charge on any atom is -0.446 e. The van der Waals surface area contributed by atoms with E-state index in [-0.39, 0.29) is 41.8 Å². The maximum Gasteiger partial charge on any atom is 0.408 e. The summed E-state index contributed by atoms with van der Waals surface area (Å²) < 4.78 is 6.03. The summed E-state index contributed by atoms with van der Waals surface area (Å²) in [6.45, 7) is 1.60. The van der Waals surface area contributed by atoms with Crippen molar-refractivity contribution in [3.8, 4) is 0 Å². The SMILES string of the molecule is O=C(N[C@@H](CC1CCCCC1)C(=O)NC(CC1CC2(CCN(c3ccccc3)CC2)NC1=O)C(O)C(=O)NC1CC1)OC1CCCC1Cc1cccc(Cl)c1. The fourth-order valence-corrected chi connectivity index (χ4v) is 9.76.